The Hall–Kier alpha value is -2.38. The first-order valence-electron chi connectivity index (χ1n) is 8.16. The summed E-state index contributed by atoms with van der Waals surface area (Å²) in [5.41, 5.74) is 6.00. The maximum absolute atomic E-state index is 4.77. The maximum Gasteiger partial charge on any atom is 0.187 e. The number of halogens is 1. The second-order valence-corrected chi connectivity index (χ2v) is 7.91. The molecule has 0 saturated carbocycles. The number of thiazole rings is 1. The fourth-order valence-electron chi connectivity index (χ4n) is 2.86. The van der Waals surface area contributed by atoms with Gasteiger partial charge in [-0.3, -0.25) is 4.40 Å². The largest absolute Gasteiger partial charge is 0.378 e. The summed E-state index contributed by atoms with van der Waals surface area (Å²) in [5.74, 6) is 0. The maximum atomic E-state index is 4.77. The minimum absolute atomic E-state index is 0.863. The normalized spacial score (nSPS) is 11.1. The Balaban J connectivity index is 1.64. The molecule has 1 aromatic carbocycles. The van der Waals surface area contributed by atoms with Crippen LogP contribution in [0.5, 0.6) is 0 Å². The third-order valence-electron chi connectivity index (χ3n) is 4.16. The Kier molecular flexibility index (Phi) is 4.42. The number of rotatable bonds is 4. The van der Waals surface area contributed by atoms with Crippen molar-refractivity contribution in [3.8, 4) is 11.4 Å². The van der Waals surface area contributed by atoms with E-state index in [2.05, 4.69) is 65.2 Å². The van der Waals surface area contributed by atoms with Crippen molar-refractivity contribution in [3.05, 3.63) is 58.1 Å². The Morgan fingerprint density at radius 3 is 2.62 bits per heavy atom. The van der Waals surface area contributed by atoms with Crippen LogP contribution in [0.1, 0.15) is 5.69 Å². The molecular weight excluding hydrogens is 410 g/mol. The molecule has 0 aliphatic heterocycles. The average molecular weight is 428 g/mol. The van der Waals surface area contributed by atoms with Gasteiger partial charge in [0, 0.05) is 37.0 Å². The van der Waals surface area contributed by atoms with Crippen molar-refractivity contribution in [2.45, 2.75) is 6.92 Å². The molecule has 4 rings (SSSR count). The predicted octanol–water partition coefficient (Wildman–Crippen LogP) is 5.34. The molecule has 3 aromatic heterocycles. The molecule has 132 valence electrons. The molecule has 0 bridgehead atoms. The van der Waals surface area contributed by atoms with Crippen LogP contribution in [-0.2, 0) is 0 Å². The van der Waals surface area contributed by atoms with Gasteiger partial charge in [0.15, 0.2) is 10.8 Å². The van der Waals surface area contributed by atoms with Gasteiger partial charge in [0.1, 0.15) is 5.69 Å². The SMILES string of the molecule is Cc1nc2c(Br)cccn2c1-c1csc(Nc2ccc(N(C)C)cc2)n1. The van der Waals surface area contributed by atoms with Crippen molar-refractivity contribution in [2.24, 2.45) is 0 Å². The number of nitrogens with zero attached hydrogens (tertiary/aromatic N) is 4. The fraction of sp³-hybridized carbons (Fsp3) is 0.158. The molecule has 0 aliphatic carbocycles. The monoisotopic (exact) mass is 427 g/mol. The average Bonchev–Trinajstić information content (AvgIpc) is 3.19. The first-order valence-corrected chi connectivity index (χ1v) is 9.83. The Bertz CT molecular complexity index is 1070. The van der Waals surface area contributed by atoms with Crippen LogP contribution in [0, 0.1) is 6.92 Å². The molecule has 0 amide bonds. The zero-order chi connectivity index (χ0) is 18.3. The Morgan fingerprint density at radius 1 is 1.12 bits per heavy atom. The van der Waals surface area contributed by atoms with Crippen molar-refractivity contribution < 1.29 is 0 Å². The summed E-state index contributed by atoms with van der Waals surface area (Å²) in [5, 5.41) is 6.31. The number of aryl methyl sites for hydroxylation is 1. The molecule has 0 atom stereocenters. The lowest BCUT2D eigenvalue weighted by Gasteiger charge is -2.12. The first-order chi connectivity index (χ1) is 12.5. The summed E-state index contributed by atoms with van der Waals surface area (Å²) >= 11 is 5.15. The number of benzene rings is 1. The van der Waals surface area contributed by atoms with Crippen LogP contribution < -0.4 is 10.2 Å². The van der Waals surface area contributed by atoms with E-state index in [9.17, 15) is 0 Å². The number of hydrogen-bond acceptors (Lipinski definition) is 5. The topological polar surface area (TPSA) is 45.5 Å². The summed E-state index contributed by atoms with van der Waals surface area (Å²) in [4.78, 5) is 11.5. The second kappa shape index (κ2) is 6.74. The highest BCUT2D eigenvalue weighted by Crippen LogP contribution is 2.31. The van der Waals surface area contributed by atoms with Crippen LogP contribution in [0.2, 0.25) is 0 Å². The van der Waals surface area contributed by atoms with Crippen molar-refractivity contribution in [2.75, 3.05) is 24.3 Å². The summed E-state index contributed by atoms with van der Waals surface area (Å²) in [6, 6.07) is 12.3. The second-order valence-electron chi connectivity index (χ2n) is 6.20. The van der Waals surface area contributed by atoms with Gasteiger partial charge >= 0.3 is 0 Å². The van der Waals surface area contributed by atoms with Crippen molar-refractivity contribution in [1.82, 2.24) is 14.4 Å². The number of nitrogens with one attached hydrogen (secondary N) is 1. The molecule has 0 fully saturated rings. The fourth-order valence-corrected chi connectivity index (χ4v) is 4.01. The van der Waals surface area contributed by atoms with E-state index in [0.717, 1.165) is 38.0 Å². The molecule has 3 heterocycles. The number of anilines is 3. The van der Waals surface area contributed by atoms with Gasteiger partial charge < -0.3 is 10.2 Å². The van der Waals surface area contributed by atoms with Gasteiger partial charge in [0.05, 0.1) is 15.9 Å². The first kappa shape index (κ1) is 17.1. The van der Waals surface area contributed by atoms with Gasteiger partial charge in [0.2, 0.25) is 0 Å². The highest BCUT2D eigenvalue weighted by molar-refractivity contribution is 9.10. The quantitative estimate of drug-likeness (QED) is 0.477. The Morgan fingerprint density at radius 2 is 1.88 bits per heavy atom. The predicted molar refractivity (Wildman–Crippen MR) is 113 cm³/mol. The molecule has 0 spiro atoms. The third kappa shape index (κ3) is 3.08. The third-order valence-corrected chi connectivity index (χ3v) is 5.54. The smallest absolute Gasteiger partial charge is 0.187 e. The van der Waals surface area contributed by atoms with Crippen LogP contribution in [0.15, 0.2) is 52.4 Å². The summed E-state index contributed by atoms with van der Waals surface area (Å²) in [7, 11) is 4.07. The van der Waals surface area contributed by atoms with Crippen LogP contribution in [0.3, 0.4) is 0 Å². The summed E-state index contributed by atoms with van der Waals surface area (Å²) < 4.78 is 3.05. The van der Waals surface area contributed by atoms with Gasteiger partial charge in [-0.15, -0.1) is 11.3 Å². The molecular formula is C19H18BrN5S. The number of pyridine rings is 1. The number of hydrogen-bond donors (Lipinski definition) is 1. The molecule has 1 N–H and O–H groups in total. The van der Waals surface area contributed by atoms with E-state index in [0.29, 0.717) is 0 Å². The zero-order valence-corrected chi connectivity index (χ0v) is 17.1. The van der Waals surface area contributed by atoms with Gasteiger partial charge in [-0.1, -0.05) is 0 Å². The molecule has 7 heteroatoms. The van der Waals surface area contributed by atoms with E-state index in [1.165, 1.54) is 5.69 Å². The van der Waals surface area contributed by atoms with E-state index in [1.54, 1.807) is 11.3 Å². The number of aromatic nitrogens is 3. The lowest BCUT2D eigenvalue weighted by molar-refractivity contribution is 1.13. The molecule has 0 aliphatic rings. The minimum atomic E-state index is 0.863. The minimum Gasteiger partial charge on any atom is -0.378 e. The van der Waals surface area contributed by atoms with E-state index < -0.39 is 0 Å². The van der Waals surface area contributed by atoms with Gasteiger partial charge in [-0.25, -0.2) is 9.97 Å². The number of fused-ring (bicyclic) bond motifs is 1. The molecule has 4 aromatic rings. The Labute approximate surface area is 164 Å². The van der Waals surface area contributed by atoms with Gasteiger partial charge in [0.25, 0.3) is 0 Å². The van der Waals surface area contributed by atoms with Crippen molar-refractivity contribution >= 4 is 49.4 Å². The van der Waals surface area contributed by atoms with Gasteiger partial charge in [-0.2, -0.15) is 0 Å². The highest BCUT2D eigenvalue weighted by Gasteiger charge is 2.15. The molecule has 0 radical (unpaired) electrons. The molecule has 0 unspecified atom stereocenters. The van der Waals surface area contributed by atoms with E-state index in [4.69, 9.17) is 4.98 Å². The van der Waals surface area contributed by atoms with Gasteiger partial charge in [-0.05, 0) is 59.3 Å². The van der Waals surface area contributed by atoms with E-state index in [-0.39, 0.29) is 0 Å². The van der Waals surface area contributed by atoms with Crippen LogP contribution in [-0.4, -0.2) is 28.5 Å². The van der Waals surface area contributed by atoms with Crippen LogP contribution in [0.4, 0.5) is 16.5 Å². The van der Waals surface area contributed by atoms with Crippen LogP contribution >= 0.6 is 27.3 Å². The molecule has 5 nitrogen and oxygen atoms in total. The number of imidazole rings is 1. The lowest BCUT2D eigenvalue weighted by Crippen LogP contribution is -2.08. The standard InChI is InChI=1S/C19H18BrN5S/c1-12-17(25-10-4-5-15(20)18(25)21-12)16-11-26-19(23-16)22-13-6-8-14(9-7-13)24(2)3/h4-11H,1-3H3,(H,22,23). The van der Waals surface area contributed by atoms with Crippen LogP contribution in [0.25, 0.3) is 17.0 Å². The van der Waals surface area contributed by atoms with Crippen molar-refractivity contribution in [1.29, 1.82) is 0 Å². The highest BCUT2D eigenvalue weighted by atomic mass is 79.9. The molecule has 26 heavy (non-hydrogen) atoms. The molecule has 0 saturated heterocycles. The van der Waals surface area contributed by atoms with E-state index >= 15 is 0 Å². The van der Waals surface area contributed by atoms with E-state index in [1.807, 2.05) is 39.3 Å². The lowest BCUT2D eigenvalue weighted by atomic mass is 10.2. The summed E-state index contributed by atoms with van der Waals surface area (Å²) in [6.07, 6.45) is 2.02. The summed E-state index contributed by atoms with van der Waals surface area (Å²) in [6.45, 7) is 2.02. The van der Waals surface area contributed by atoms with Crippen molar-refractivity contribution in [3.63, 3.8) is 0 Å². The zero-order valence-electron chi connectivity index (χ0n) is 14.7.